The minimum Gasteiger partial charge on any atom is -0.306 e. The summed E-state index contributed by atoms with van der Waals surface area (Å²) < 4.78 is 1.43. The second-order valence-electron chi connectivity index (χ2n) is 3.20. The van der Waals surface area contributed by atoms with Crippen LogP contribution in [0.25, 0.3) is 11.0 Å². The number of nitrogens with zero attached hydrogens (tertiary/aromatic N) is 2. The molecule has 0 saturated heterocycles. The van der Waals surface area contributed by atoms with Crippen LogP contribution < -0.4 is 5.69 Å². The van der Waals surface area contributed by atoms with Crippen LogP contribution in [0.2, 0.25) is 0 Å². The minimum absolute atomic E-state index is 0.0852. The molecular weight excluding hydrogens is 178 g/mol. The van der Waals surface area contributed by atoms with Crippen LogP contribution in [0.1, 0.15) is 5.56 Å². The van der Waals surface area contributed by atoms with Crippen molar-refractivity contribution in [2.45, 2.75) is 13.5 Å². The van der Waals surface area contributed by atoms with Gasteiger partial charge in [0, 0.05) is 0 Å². The van der Waals surface area contributed by atoms with Crippen molar-refractivity contribution in [3.05, 3.63) is 34.2 Å². The molecule has 0 aliphatic rings. The van der Waals surface area contributed by atoms with E-state index in [1.807, 2.05) is 31.2 Å². The van der Waals surface area contributed by atoms with Crippen LogP contribution in [0.4, 0.5) is 0 Å². The molecule has 1 aromatic carbocycles. The Kier molecular flexibility index (Phi) is 1.86. The van der Waals surface area contributed by atoms with Gasteiger partial charge in [-0.1, -0.05) is 6.07 Å². The second-order valence-corrected chi connectivity index (χ2v) is 3.20. The number of H-pyrrole nitrogens is 1. The van der Waals surface area contributed by atoms with Gasteiger partial charge in [0.1, 0.15) is 6.54 Å². The Balaban J connectivity index is 2.79. The smallest absolute Gasteiger partial charge is 0.306 e. The fraction of sp³-hybridized carbons (Fsp3) is 0.200. The molecule has 0 aliphatic carbocycles. The summed E-state index contributed by atoms with van der Waals surface area (Å²) in [5, 5.41) is 8.55. The number of hydrogen-bond acceptors (Lipinski definition) is 2. The average molecular weight is 187 g/mol. The van der Waals surface area contributed by atoms with E-state index in [1.54, 1.807) is 0 Å². The van der Waals surface area contributed by atoms with E-state index >= 15 is 0 Å². The van der Waals surface area contributed by atoms with Gasteiger partial charge in [0.2, 0.25) is 0 Å². The molecule has 0 unspecified atom stereocenters. The van der Waals surface area contributed by atoms with Gasteiger partial charge in [-0.15, -0.1) is 0 Å². The maximum atomic E-state index is 11.4. The number of hydrogen-bond donors (Lipinski definition) is 1. The van der Waals surface area contributed by atoms with Gasteiger partial charge in [0.05, 0.1) is 17.1 Å². The quantitative estimate of drug-likeness (QED) is 0.728. The lowest BCUT2D eigenvalue weighted by Gasteiger charge is -1.96. The monoisotopic (exact) mass is 187 g/mol. The SMILES string of the molecule is Cc1ccc2c(c1)[nH]c(=O)n2CC#N. The fourth-order valence-electron chi connectivity index (χ4n) is 1.51. The highest BCUT2D eigenvalue weighted by atomic mass is 16.1. The molecule has 0 bridgehead atoms. The molecule has 1 heterocycles. The molecule has 2 aromatic rings. The molecule has 0 amide bonds. The number of benzene rings is 1. The Bertz CT molecular complexity index is 571. The first-order chi connectivity index (χ1) is 6.72. The zero-order chi connectivity index (χ0) is 10.1. The molecule has 0 aliphatic heterocycles. The summed E-state index contributed by atoms with van der Waals surface area (Å²) in [4.78, 5) is 14.1. The van der Waals surface area contributed by atoms with Gasteiger partial charge in [0.25, 0.3) is 0 Å². The van der Waals surface area contributed by atoms with Crippen LogP contribution in [-0.4, -0.2) is 9.55 Å². The Hall–Kier alpha value is -2.02. The Morgan fingerprint density at radius 1 is 1.57 bits per heavy atom. The van der Waals surface area contributed by atoms with Crippen LogP contribution >= 0.6 is 0 Å². The first kappa shape index (κ1) is 8.57. The van der Waals surface area contributed by atoms with E-state index in [9.17, 15) is 4.79 Å². The number of aromatic amines is 1. The van der Waals surface area contributed by atoms with Gasteiger partial charge >= 0.3 is 5.69 Å². The highest BCUT2D eigenvalue weighted by Crippen LogP contribution is 2.11. The van der Waals surface area contributed by atoms with Crippen molar-refractivity contribution in [3.63, 3.8) is 0 Å². The van der Waals surface area contributed by atoms with E-state index in [2.05, 4.69) is 4.98 Å². The summed E-state index contributed by atoms with van der Waals surface area (Å²) in [7, 11) is 0. The van der Waals surface area contributed by atoms with Crippen molar-refractivity contribution in [1.82, 2.24) is 9.55 Å². The van der Waals surface area contributed by atoms with E-state index in [4.69, 9.17) is 5.26 Å². The maximum Gasteiger partial charge on any atom is 0.327 e. The van der Waals surface area contributed by atoms with Crippen molar-refractivity contribution in [3.8, 4) is 6.07 Å². The summed E-state index contributed by atoms with van der Waals surface area (Å²) in [5.74, 6) is 0. The molecule has 0 saturated carbocycles. The highest BCUT2D eigenvalue weighted by Gasteiger charge is 2.04. The van der Waals surface area contributed by atoms with Gasteiger partial charge in [-0.2, -0.15) is 5.26 Å². The van der Waals surface area contributed by atoms with Gasteiger partial charge in [0.15, 0.2) is 0 Å². The van der Waals surface area contributed by atoms with Crippen molar-refractivity contribution in [1.29, 1.82) is 5.26 Å². The zero-order valence-electron chi connectivity index (χ0n) is 7.74. The van der Waals surface area contributed by atoms with Crippen molar-refractivity contribution >= 4 is 11.0 Å². The van der Waals surface area contributed by atoms with Crippen LogP contribution in [-0.2, 0) is 6.54 Å². The van der Waals surface area contributed by atoms with Crippen LogP contribution in [0, 0.1) is 18.3 Å². The van der Waals surface area contributed by atoms with Crippen LogP contribution in [0.5, 0.6) is 0 Å². The van der Waals surface area contributed by atoms with Crippen molar-refractivity contribution in [2.75, 3.05) is 0 Å². The molecule has 0 fully saturated rings. The molecule has 0 spiro atoms. The van der Waals surface area contributed by atoms with E-state index in [-0.39, 0.29) is 12.2 Å². The molecule has 2 rings (SSSR count). The summed E-state index contributed by atoms with van der Waals surface area (Å²) >= 11 is 0. The molecule has 1 aromatic heterocycles. The van der Waals surface area contributed by atoms with Crippen molar-refractivity contribution < 1.29 is 0 Å². The third kappa shape index (κ3) is 1.19. The Morgan fingerprint density at radius 2 is 2.36 bits per heavy atom. The third-order valence-electron chi connectivity index (χ3n) is 2.16. The molecule has 4 nitrogen and oxygen atoms in total. The Labute approximate surface area is 80.4 Å². The maximum absolute atomic E-state index is 11.4. The predicted molar refractivity (Wildman–Crippen MR) is 52.9 cm³/mol. The number of fused-ring (bicyclic) bond motifs is 1. The standard InChI is InChI=1S/C10H9N3O/c1-7-2-3-9-8(6-7)12-10(14)13(9)5-4-11/h2-3,6H,5H2,1H3,(H,12,14). The lowest BCUT2D eigenvalue weighted by Crippen LogP contribution is -2.15. The summed E-state index contributed by atoms with van der Waals surface area (Å²) in [6.07, 6.45) is 0. The van der Waals surface area contributed by atoms with E-state index in [0.29, 0.717) is 0 Å². The second kappa shape index (κ2) is 3.04. The number of nitriles is 1. The first-order valence-electron chi connectivity index (χ1n) is 4.28. The molecule has 70 valence electrons. The van der Waals surface area contributed by atoms with Gasteiger partial charge in [-0.05, 0) is 24.6 Å². The first-order valence-corrected chi connectivity index (χ1v) is 4.28. The summed E-state index contributed by atoms with van der Waals surface area (Å²) in [6, 6.07) is 7.62. The molecule has 4 heteroatoms. The number of aromatic nitrogens is 2. The van der Waals surface area contributed by atoms with Crippen molar-refractivity contribution in [2.24, 2.45) is 0 Å². The van der Waals surface area contributed by atoms with E-state index in [1.165, 1.54) is 4.57 Å². The molecule has 14 heavy (non-hydrogen) atoms. The third-order valence-corrected chi connectivity index (χ3v) is 2.16. The molecule has 1 N–H and O–H groups in total. The summed E-state index contributed by atoms with van der Waals surface area (Å²) in [5.41, 5.74) is 2.42. The number of nitrogens with one attached hydrogen (secondary N) is 1. The fourth-order valence-corrected chi connectivity index (χ4v) is 1.51. The van der Waals surface area contributed by atoms with E-state index < -0.39 is 0 Å². The van der Waals surface area contributed by atoms with Gasteiger partial charge < -0.3 is 4.98 Å². The Morgan fingerprint density at radius 3 is 3.07 bits per heavy atom. The lowest BCUT2D eigenvalue weighted by molar-refractivity contribution is 0.817. The zero-order valence-corrected chi connectivity index (χ0v) is 7.74. The molecular formula is C10H9N3O. The number of rotatable bonds is 1. The highest BCUT2D eigenvalue weighted by molar-refractivity contribution is 5.76. The molecule has 0 radical (unpaired) electrons. The van der Waals surface area contributed by atoms with Crippen LogP contribution in [0.15, 0.2) is 23.0 Å². The predicted octanol–water partition coefficient (Wildman–Crippen LogP) is 1.16. The molecule has 0 atom stereocenters. The van der Waals surface area contributed by atoms with Gasteiger partial charge in [-0.25, -0.2) is 4.79 Å². The topological polar surface area (TPSA) is 61.6 Å². The number of imidazole rings is 1. The minimum atomic E-state index is -0.229. The van der Waals surface area contributed by atoms with E-state index in [0.717, 1.165) is 16.6 Å². The average Bonchev–Trinajstić information content (AvgIpc) is 2.43. The summed E-state index contributed by atoms with van der Waals surface area (Å²) in [6.45, 7) is 2.04. The largest absolute Gasteiger partial charge is 0.327 e. The van der Waals surface area contributed by atoms with Gasteiger partial charge in [-0.3, -0.25) is 4.57 Å². The lowest BCUT2D eigenvalue weighted by atomic mass is 10.2. The normalized spacial score (nSPS) is 10.3. The number of aryl methyl sites for hydroxylation is 1. The van der Waals surface area contributed by atoms with Crippen LogP contribution in [0.3, 0.4) is 0 Å².